The van der Waals surface area contributed by atoms with Crippen LogP contribution in [0.15, 0.2) is 36.4 Å². The van der Waals surface area contributed by atoms with Gasteiger partial charge < -0.3 is 14.8 Å². The SMILES string of the molecule is CCOc1ccc(C(=O)OC(C)C(=O)c2ccc(CNC(C)=O)s2)cc1. The van der Waals surface area contributed by atoms with Crippen LogP contribution in [0.25, 0.3) is 0 Å². The summed E-state index contributed by atoms with van der Waals surface area (Å²) in [6.07, 6.45) is -0.902. The number of benzene rings is 1. The van der Waals surface area contributed by atoms with E-state index in [0.29, 0.717) is 29.3 Å². The van der Waals surface area contributed by atoms with Crippen LogP contribution < -0.4 is 10.1 Å². The maximum absolute atomic E-state index is 12.4. The number of amides is 1. The van der Waals surface area contributed by atoms with Crippen molar-refractivity contribution in [2.45, 2.75) is 33.4 Å². The number of hydrogen-bond acceptors (Lipinski definition) is 6. The van der Waals surface area contributed by atoms with E-state index in [1.54, 1.807) is 43.3 Å². The van der Waals surface area contributed by atoms with Crippen LogP contribution >= 0.6 is 11.3 Å². The second-order valence-electron chi connectivity index (χ2n) is 5.54. The number of ether oxygens (including phenoxy) is 2. The molecule has 1 atom stereocenters. The van der Waals surface area contributed by atoms with Gasteiger partial charge in [0.25, 0.3) is 0 Å². The molecule has 6 nitrogen and oxygen atoms in total. The Hall–Kier alpha value is -2.67. The third kappa shape index (κ3) is 5.42. The molecule has 0 bridgehead atoms. The van der Waals surface area contributed by atoms with Crippen LogP contribution in [0.1, 0.15) is 45.7 Å². The Kier molecular flexibility index (Phi) is 6.91. The fourth-order valence-electron chi connectivity index (χ4n) is 2.15. The molecule has 0 fully saturated rings. The Morgan fingerprint density at radius 2 is 1.81 bits per heavy atom. The Morgan fingerprint density at radius 1 is 1.12 bits per heavy atom. The molecule has 138 valence electrons. The molecule has 7 heteroatoms. The predicted octanol–water partition coefficient (Wildman–Crippen LogP) is 3.21. The van der Waals surface area contributed by atoms with E-state index in [2.05, 4.69) is 5.32 Å². The van der Waals surface area contributed by atoms with Gasteiger partial charge in [-0.2, -0.15) is 0 Å². The largest absolute Gasteiger partial charge is 0.494 e. The lowest BCUT2D eigenvalue weighted by Crippen LogP contribution is -2.23. The van der Waals surface area contributed by atoms with Gasteiger partial charge in [-0.3, -0.25) is 9.59 Å². The number of esters is 1. The molecule has 1 aromatic carbocycles. The van der Waals surface area contributed by atoms with Crippen LogP contribution in [0.2, 0.25) is 0 Å². The number of thiophene rings is 1. The average Bonchev–Trinajstić information content (AvgIpc) is 3.09. The summed E-state index contributed by atoms with van der Waals surface area (Å²) in [7, 11) is 0. The summed E-state index contributed by atoms with van der Waals surface area (Å²) in [5, 5.41) is 2.68. The van der Waals surface area contributed by atoms with E-state index in [4.69, 9.17) is 9.47 Å². The van der Waals surface area contributed by atoms with Gasteiger partial charge in [0.2, 0.25) is 11.7 Å². The fraction of sp³-hybridized carbons (Fsp3) is 0.316. The highest BCUT2D eigenvalue weighted by Gasteiger charge is 2.22. The minimum atomic E-state index is -0.902. The van der Waals surface area contributed by atoms with E-state index in [0.717, 1.165) is 4.88 Å². The van der Waals surface area contributed by atoms with E-state index in [9.17, 15) is 14.4 Å². The van der Waals surface area contributed by atoms with Crippen LogP contribution in [0.3, 0.4) is 0 Å². The molecule has 2 rings (SSSR count). The van der Waals surface area contributed by atoms with Crippen LogP contribution in [0.4, 0.5) is 0 Å². The number of hydrogen-bond donors (Lipinski definition) is 1. The van der Waals surface area contributed by atoms with Crippen molar-refractivity contribution in [1.29, 1.82) is 0 Å². The van der Waals surface area contributed by atoms with Crippen LogP contribution in [0.5, 0.6) is 5.75 Å². The van der Waals surface area contributed by atoms with Crippen molar-refractivity contribution in [3.63, 3.8) is 0 Å². The molecule has 1 unspecified atom stereocenters. The number of ketones is 1. The summed E-state index contributed by atoms with van der Waals surface area (Å²) in [6.45, 7) is 5.76. The van der Waals surface area contributed by atoms with Gasteiger partial charge in [0, 0.05) is 11.8 Å². The van der Waals surface area contributed by atoms with Crippen LogP contribution in [-0.2, 0) is 16.1 Å². The molecular weight excluding hydrogens is 354 g/mol. The fourth-order valence-corrected chi connectivity index (χ4v) is 3.12. The topological polar surface area (TPSA) is 81.7 Å². The first-order valence-corrected chi connectivity index (χ1v) is 9.03. The van der Waals surface area contributed by atoms with Gasteiger partial charge >= 0.3 is 5.97 Å². The lowest BCUT2D eigenvalue weighted by Gasteiger charge is -2.11. The van der Waals surface area contributed by atoms with Crippen molar-refractivity contribution in [2.75, 3.05) is 6.61 Å². The monoisotopic (exact) mass is 375 g/mol. The molecule has 0 spiro atoms. The number of carbonyl (C=O) groups is 3. The van der Waals surface area contributed by atoms with E-state index >= 15 is 0 Å². The van der Waals surface area contributed by atoms with Crippen molar-refractivity contribution in [3.8, 4) is 5.75 Å². The second kappa shape index (κ2) is 9.15. The maximum Gasteiger partial charge on any atom is 0.338 e. The molecular formula is C19H21NO5S. The molecule has 1 amide bonds. The first-order chi connectivity index (χ1) is 12.4. The number of carbonyl (C=O) groups excluding carboxylic acids is 3. The minimum absolute atomic E-state index is 0.135. The Balaban J connectivity index is 1.95. The van der Waals surface area contributed by atoms with E-state index in [-0.39, 0.29) is 11.7 Å². The number of rotatable bonds is 8. The lowest BCUT2D eigenvalue weighted by atomic mass is 10.2. The highest BCUT2D eigenvalue weighted by Crippen LogP contribution is 2.20. The van der Waals surface area contributed by atoms with Gasteiger partial charge in [0.05, 0.1) is 23.6 Å². The first-order valence-electron chi connectivity index (χ1n) is 8.22. The van der Waals surface area contributed by atoms with Crippen molar-refractivity contribution in [1.82, 2.24) is 5.32 Å². The van der Waals surface area contributed by atoms with Gasteiger partial charge in [0.15, 0.2) is 6.10 Å². The molecule has 0 saturated heterocycles. The van der Waals surface area contributed by atoms with E-state index < -0.39 is 12.1 Å². The molecule has 1 N–H and O–H groups in total. The first kappa shape index (κ1) is 19.7. The minimum Gasteiger partial charge on any atom is -0.494 e. The van der Waals surface area contributed by atoms with Gasteiger partial charge in [0.1, 0.15) is 5.75 Å². The second-order valence-corrected chi connectivity index (χ2v) is 6.71. The third-order valence-corrected chi connectivity index (χ3v) is 4.57. The predicted molar refractivity (Wildman–Crippen MR) is 98.7 cm³/mol. The zero-order valence-corrected chi connectivity index (χ0v) is 15.7. The van der Waals surface area contributed by atoms with E-state index in [1.807, 2.05) is 6.92 Å². The third-order valence-electron chi connectivity index (χ3n) is 3.47. The zero-order chi connectivity index (χ0) is 19.1. The molecule has 0 aliphatic rings. The van der Waals surface area contributed by atoms with Crippen LogP contribution in [-0.4, -0.2) is 30.4 Å². The molecule has 1 heterocycles. The van der Waals surface area contributed by atoms with Gasteiger partial charge in [-0.05, 0) is 50.2 Å². The highest BCUT2D eigenvalue weighted by molar-refractivity contribution is 7.14. The van der Waals surface area contributed by atoms with Crippen molar-refractivity contribution >= 4 is 29.0 Å². The summed E-state index contributed by atoms with van der Waals surface area (Å²) in [6, 6.07) is 10.0. The Labute approximate surface area is 156 Å². The van der Waals surface area contributed by atoms with Gasteiger partial charge in [-0.1, -0.05) is 0 Å². The van der Waals surface area contributed by atoms with Crippen molar-refractivity contribution in [3.05, 3.63) is 51.7 Å². The highest BCUT2D eigenvalue weighted by atomic mass is 32.1. The smallest absolute Gasteiger partial charge is 0.338 e. The normalized spacial score (nSPS) is 11.5. The number of Topliss-reactive ketones (excluding diaryl/α,β-unsaturated/α-hetero) is 1. The summed E-state index contributed by atoms with van der Waals surface area (Å²) in [4.78, 5) is 36.9. The summed E-state index contributed by atoms with van der Waals surface area (Å²) < 4.78 is 10.6. The van der Waals surface area contributed by atoms with Crippen molar-refractivity contribution < 1.29 is 23.9 Å². The molecule has 0 aliphatic carbocycles. The Morgan fingerprint density at radius 3 is 2.42 bits per heavy atom. The molecule has 0 aliphatic heterocycles. The molecule has 0 radical (unpaired) electrons. The molecule has 1 aromatic heterocycles. The lowest BCUT2D eigenvalue weighted by molar-refractivity contribution is -0.119. The molecule has 26 heavy (non-hydrogen) atoms. The maximum atomic E-state index is 12.4. The molecule has 0 saturated carbocycles. The standard InChI is InChI=1S/C19H21NO5S/c1-4-24-15-7-5-14(6-8-15)19(23)25-12(2)18(22)17-10-9-16(26-17)11-20-13(3)21/h5-10,12H,4,11H2,1-3H3,(H,20,21). The summed E-state index contributed by atoms with van der Waals surface area (Å²) in [5.74, 6) is -0.310. The Bertz CT molecular complexity index is 781. The van der Waals surface area contributed by atoms with Crippen LogP contribution in [0, 0.1) is 0 Å². The summed E-state index contributed by atoms with van der Waals surface area (Å²) in [5.41, 5.74) is 0.352. The van der Waals surface area contributed by atoms with Crippen molar-refractivity contribution in [2.24, 2.45) is 0 Å². The van der Waals surface area contributed by atoms with Gasteiger partial charge in [-0.25, -0.2) is 4.79 Å². The number of nitrogens with one attached hydrogen (secondary N) is 1. The quantitative estimate of drug-likeness (QED) is 0.566. The summed E-state index contributed by atoms with van der Waals surface area (Å²) >= 11 is 1.27. The zero-order valence-electron chi connectivity index (χ0n) is 14.9. The average molecular weight is 375 g/mol. The van der Waals surface area contributed by atoms with E-state index in [1.165, 1.54) is 18.3 Å². The molecule has 2 aromatic rings. The van der Waals surface area contributed by atoms with Gasteiger partial charge in [-0.15, -0.1) is 11.3 Å².